The van der Waals surface area contributed by atoms with Crippen LogP contribution in [0.5, 0.6) is 0 Å². The molecule has 3 heteroatoms. The number of carbonyl (C=O) groups excluding carboxylic acids is 1. The maximum Gasteiger partial charge on any atom is 0.333 e. The summed E-state index contributed by atoms with van der Waals surface area (Å²) in [4.78, 5) is 10.9. The summed E-state index contributed by atoms with van der Waals surface area (Å²) in [6, 6.07) is 0. The van der Waals surface area contributed by atoms with E-state index in [1.54, 1.807) is 6.92 Å². The Morgan fingerprint density at radius 2 is 2.00 bits per heavy atom. The second kappa shape index (κ2) is 5.02. The molecule has 0 spiro atoms. The van der Waals surface area contributed by atoms with Gasteiger partial charge in [-0.05, 0) is 27.7 Å². The summed E-state index contributed by atoms with van der Waals surface area (Å²) in [5, 5.41) is 3.25. The molecule has 0 aliphatic carbocycles. The molecule has 0 amide bonds. The van der Waals surface area contributed by atoms with Crippen molar-refractivity contribution in [1.29, 1.82) is 0 Å². The first-order valence-electron chi connectivity index (χ1n) is 4.37. The van der Waals surface area contributed by atoms with Gasteiger partial charge in [-0.3, -0.25) is 0 Å². The molecule has 3 nitrogen and oxygen atoms in total. The summed E-state index contributed by atoms with van der Waals surface area (Å²) in [6.45, 7) is 8.66. The van der Waals surface area contributed by atoms with Gasteiger partial charge in [-0.15, -0.1) is 0 Å². The number of nitrogens with one attached hydrogen (secondary N) is 1. The van der Waals surface area contributed by atoms with Gasteiger partial charge in [-0.2, -0.15) is 0 Å². The minimum absolute atomic E-state index is 0.0763. The fourth-order valence-electron chi connectivity index (χ4n) is 0.755. The summed E-state index contributed by atoms with van der Waals surface area (Å²) >= 11 is 0. The highest BCUT2D eigenvalue weighted by atomic mass is 16.5. The van der Waals surface area contributed by atoms with E-state index >= 15 is 0 Å². The number of methoxy groups -OCH3 is 1. The van der Waals surface area contributed by atoms with Gasteiger partial charge in [-0.1, -0.05) is 6.08 Å². The average molecular weight is 185 g/mol. The number of hydrogen-bond acceptors (Lipinski definition) is 3. The lowest BCUT2D eigenvalue weighted by molar-refractivity contribution is -0.136. The normalized spacial score (nSPS) is 12.8. The fraction of sp³-hybridized carbons (Fsp3) is 0.700. The molecule has 0 aromatic carbocycles. The minimum Gasteiger partial charge on any atom is -0.466 e. The Bertz CT molecular complexity index is 201. The zero-order chi connectivity index (χ0) is 10.5. The summed E-state index contributed by atoms with van der Waals surface area (Å²) < 4.78 is 4.56. The molecule has 0 rings (SSSR count). The zero-order valence-electron chi connectivity index (χ0n) is 9.10. The Morgan fingerprint density at radius 1 is 1.46 bits per heavy atom. The van der Waals surface area contributed by atoms with Crippen LogP contribution in [0, 0.1) is 0 Å². The van der Waals surface area contributed by atoms with E-state index in [1.807, 2.05) is 6.08 Å². The van der Waals surface area contributed by atoms with Crippen molar-refractivity contribution in [3.8, 4) is 0 Å². The van der Waals surface area contributed by atoms with E-state index in [0.717, 1.165) is 0 Å². The van der Waals surface area contributed by atoms with Crippen molar-refractivity contribution in [2.45, 2.75) is 33.2 Å². The van der Waals surface area contributed by atoms with Crippen LogP contribution >= 0.6 is 0 Å². The first kappa shape index (κ1) is 12.2. The van der Waals surface area contributed by atoms with E-state index in [4.69, 9.17) is 0 Å². The van der Waals surface area contributed by atoms with Gasteiger partial charge in [0.15, 0.2) is 0 Å². The minimum atomic E-state index is -0.268. The predicted octanol–water partition coefficient (Wildman–Crippen LogP) is 1.49. The highest BCUT2D eigenvalue weighted by molar-refractivity contribution is 5.87. The lowest BCUT2D eigenvalue weighted by Gasteiger charge is -2.19. The molecular formula is C10H19NO2. The van der Waals surface area contributed by atoms with Crippen molar-refractivity contribution in [3.05, 3.63) is 11.6 Å². The van der Waals surface area contributed by atoms with E-state index in [0.29, 0.717) is 12.1 Å². The number of hydrogen-bond donors (Lipinski definition) is 1. The fourth-order valence-corrected chi connectivity index (χ4v) is 0.755. The zero-order valence-corrected chi connectivity index (χ0v) is 9.10. The van der Waals surface area contributed by atoms with Gasteiger partial charge < -0.3 is 10.1 Å². The molecule has 0 bridgehead atoms. The van der Waals surface area contributed by atoms with E-state index in [1.165, 1.54) is 7.11 Å². The molecule has 76 valence electrons. The van der Waals surface area contributed by atoms with Crippen molar-refractivity contribution >= 4 is 5.97 Å². The van der Waals surface area contributed by atoms with Crippen molar-refractivity contribution in [2.24, 2.45) is 0 Å². The van der Waals surface area contributed by atoms with E-state index in [2.05, 4.69) is 30.8 Å². The number of carbonyl (C=O) groups is 1. The van der Waals surface area contributed by atoms with Gasteiger partial charge in [0.05, 0.1) is 7.11 Å². The Hall–Kier alpha value is -0.830. The van der Waals surface area contributed by atoms with Crippen LogP contribution in [0.2, 0.25) is 0 Å². The van der Waals surface area contributed by atoms with Crippen molar-refractivity contribution < 1.29 is 9.53 Å². The second-order valence-corrected chi connectivity index (χ2v) is 4.01. The monoisotopic (exact) mass is 185 g/mol. The van der Waals surface area contributed by atoms with E-state index in [-0.39, 0.29) is 11.5 Å². The van der Waals surface area contributed by atoms with Crippen molar-refractivity contribution in [3.63, 3.8) is 0 Å². The molecule has 0 radical (unpaired) electrons. The molecule has 0 fully saturated rings. The van der Waals surface area contributed by atoms with Gasteiger partial charge in [0.1, 0.15) is 0 Å². The van der Waals surface area contributed by atoms with Crippen LogP contribution in [0.3, 0.4) is 0 Å². The Morgan fingerprint density at radius 3 is 2.38 bits per heavy atom. The average Bonchev–Trinajstić information content (AvgIpc) is 2.00. The lowest BCUT2D eigenvalue weighted by Crippen LogP contribution is -2.35. The number of rotatable bonds is 3. The Labute approximate surface area is 80.2 Å². The van der Waals surface area contributed by atoms with Gasteiger partial charge in [0.2, 0.25) is 0 Å². The maximum absolute atomic E-state index is 10.9. The third-order valence-corrected chi connectivity index (χ3v) is 1.55. The molecule has 0 aromatic heterocycles. The van der Waals surface area contributed by atoms with Crippen LogP contribution in [-0.2, 0) is 9.53 Å². The Balaban J connectivity index is 3.92. The summed E-state index contributed by atoms with van der Waals surface area (Å²) in [6.07, 6.45) is 1.83. The number of esters is 1. The largest absolute Gasteiger partial charge is 0.466 e. The predicted molar refractivity (Wildman–Crippen MR) is 53.5 cm³/mol. The first-order valence-corrected chi connectivity index (χ1v) is 4.37. The van der Waals surface area contributed by atoms with E-state index in [9.17, 15) is 4.79 Å². The Kier molecular flexibility index (Phi) is 4.70. The third-order valence-electron chi connectivity index (χ3n) is 1.55. The van der Waals surface area contributed by atoms with Gasteiger partial charge in [0.25, 0.3) is 0 Å². The molecule has 0 aromatic rings. The molecule has 13 heavy (non-hydrogen) atoms. The van der Waals surface area contributed by atoms with Crippen molar-refractivity contribution in [2.75, 3.05) is 13.7 Å². The first-order chi connectivity index (χ1) is 5.87. The molecule has 0 saturated carbocycles. The molecule has 0 atom stereocenters. The molecule has 0 heterocycles. The summed E-state index contributed by atoms with van der Waals surface area (Å²) in [7, 11) is 1.39. The molecule has 1 N–H and O–H groups in total. The summed E-state index contributed by atoms with van der Waals surface area (Å²) in [5.74, 6) is -0.268. The third kappa shape index (κ3) is 6.34. The van der Waals surface area contributed by atoms with Gasteiger partial charge in [0, 0.05) is 17.7 Å². The second-order valence-electron chi connectivity index (χ2n) is 4.01. The SMILES string of the molecule is COC(=O)C(C)=CCNC(C)(C)C. The molecule has 0 unspecified atom stereocenters. The molecule has 0 aliphatic heterocycles. The van der Waals surface area contributed by atoms with Crippen molar-refractivity contribution in [1.82, 2.24) is 5.32 Å². The van der Waals surface area contributed by atoms with Crippen LogP contribution in [-0.4, -0.2) is 25.2 Å². The molecule has 0 saturated heterocycles. The lowest BCUT2D eigenvalue weighted by atomic mass is 10.1. The van der Waals surface area contributed by atoms with Crippen LogP contribution < -0.4 is 5.32 Å². The van der Waals surface area contributed by atoms with Gasteiger partial charge >= 0.3 is 5.97 Å². The highest BCUT2D eigenvalue weighted by Crippen LogP contribution is 1.99. The topological polar surface area (TPSA) is 38.3 Å². The van der Waals surface area contributed by atoms with Crippen LogP contribution in [0.4, 0.5) is 0 Å². The number of ether oxygens (including phenoxy) is 1. The molecular weight excluding hydrogens is 166 g/mol. The standard InChI is InChI=1S/C10H19NO2/c1-8(9(12)13-5)6-7-11-10(2,3)4/h6,11H,7H2,1-5H3. The quantitative estimate of drug-likeness (QED) is 0.535. The summed E-state index contributed by atoms with van der Waals surface area (Å²) in [5.41, 5.74) is 0.714. The van der Waals surface area contributed by atoms with Crippen LogP contribution in [0.25, 0.3) is 0 Å². The smallest absolute Gasteiger partial charge is 0.333 e. The van der Waals surface area contributed by atoms with E-state index < -0.39 is 0 Å². The van der Waals surface area contributed by atoms with Gasteiger partial charge in [-0.25, -0.2) is 4.79 Å². The maximum atomic E-state index is 10.9. The van der Waals surface area contributed by atoms with Crippen LogP contribution in [0.15, 0.2) is 11.6 Å². The highest BCUT2D eigenvalue weighted by Gasteiger charge is 2.07. The molecule has 0 aliphatic rings. The van der Waals surface area contributed by atoms with Crippen LogP contribution in [0.1, 0.15) is 27.7 Å².